The van der Waals surface area contributed by atoms with Crippen molar-refractivity contribution in [3.05, 3.63) is 0 Å². The van der Waals surface area contributed by atoms with E-state index < -0.39 is 0 Å². The maximum atomic E-state index is 10.2. The molecule has 0 atom stereocenters. The van der Waals surface area contributed by atoms with Gasteiger partial charge < -0.3 is 0 Å². The van der Waals surface area contributed by atoms with E-state index in [1.165, 1.54) is 0 Å². The molecule has 2 nitrogen and oxygen atoms in total. The SMILES string of the molecule is O=CC(=O)C1CC1.[NaH]. The van der Waals surface area contributed by atoms with Crippen LogP contribution in [0.3, 0.4) is 0 Å². The summed E-state index contributed by atoms with van der Waals surface area (Å²) >= 11 is 0. The molecule has 0 aliphatic heterocycles. The van der Waals surface area contributed by atoms with Crippen LogP contribution in [0.25, 0.3) is 0 Å². The van der Waals surface area contributed by atoms with Crippen molar-refractivity contribution in [1.29, 1.82) is 0 Å². The van der Waals surface area contributed by atoms with E-state index in [0.29, 0.717) is 6.29 Å². The van der Waals surface area contributed by atoms with Crippen LogP contribution in [0.5, 0.6) is 0 Å². The molecular formula is C5H7NaO2. The zero-order valence-corrected chi connectivity index (χ0v) is 3.89. The average molecular weight is 122 g/mol. The monoisotopic (exact) mass is 122 g/mol. The number of Topliss-reactive ketones (excluding diaryl/α,β-unsaturated/α-hetero) is 1. The fourth-order valence-corrected chi connectivity index (χ4v) is 0.464. The summed E-state index contributed by atoms with van der Waals surface area (Å²) in [6.45, 7) is 0. The second-order valence-electron chi connectivity index (χ2n) is 1.79. The van der Waals surface area contributed by atoms with Crippen LogP contribution in [0.4, 0.5) is 0 Å². The molecular weight excluding hydrogens is 115 g/mol. The molecule has 1 rings (SSSR count). The molecule has 3 heteroatoms. The van der Waals surface area contributed by atoms with Gasteiger partial charge in [0.2, 0.25) is 0 Å². The molecule has 8 heavy (non-hydrogen) atoms. The van der Waals surface area contributed by atoms with Gasteiger partial charge in [-0.25, -0.2) is 0 Å². The average Bonchev–Trinajstić information content (AvgIpc) is 2.44. The zero-order valence-electron chi connectivity index (χ0n) is 3.89. The van der Waals surface area contributed by atoms with Crippen molar-refractivity contribution >= 4 is 41.6 Å². The van der Waals surface area contributed by atoms with Crippen molar-refractivity contribution in [3.63, 3.8) is 0 Å². The summed E-state index contributed by atoms with van der Waals surface area (Å²) in [5.74, 6) is -0.113. The van der Waals surface area contributed by atoms with Crippen molar-refractivity contribution in [3.8, 4) is 0 Å². The van der Waals surface area contributed by atoms with Crippen LogP contribution < -0.4 is 0 Å². The Morgan fingerprint density at radius 1 is 1.50 bits per heavy atom. The van der Waals surface area contributed by atoms with E-state index in [4.69, 9.17) is 0 Å². The second kappa shape index (κ2) is 3.38. The molecule has 0 aromatic heterocycles. The van der Waals surface area contributed by atoms with Gasteiger partial charge in [0.1, 0.15) is 0 Å². The first-order valence-electron chi connectivity index (χ1n) is 2.33. The molecule has 0 aromatic carbocycles. The van der Waals surface area contributed by atoms with E-state index in [0.717, 1.165) is 12.8 Å². The van der Waals surface area contributed by atoms with Gasteiger partial charge in [0, 0.05) is 5.92 Å². The summed E-state index contributed by atoms with van der Waals surface area (Å²) in [7, 11) is 0. The van der Waals surface area contributed by atoms with Crippen LogP contribution in [-0.4, -0.2) is 41.6 Å². The van der Waals surface area contributed by atoms with Gasteiger partial charge >= 0.3 is 29.6 Å². The Morgan fingerprint density at radius 2 is 2.00 bits per heavy atom. The maximum absolute atomic E-state index is 10.2. The van der Waals surface area contributed by atoms with Crippen molar-refractivity contribution in [2.24, 2.45) is 5.92 Å². The van der Waals surface area contributed by atoms with Crippen LogP contribution in [0.15, 0.2) is 0 Å². The summed E-state index contributed by atoms with van der Waals surface area (Å²) in [5.41, 5.74) is 0. The Hall–Kier alpha value is 0.340. The van der Waals surface area contributed by atoms with Gasteiger partial charge in [-0.15, -0.1) is 0 Å². The number of carbonyl (C=O) groups is 2. The van der Waals surface area contributed by atoms with E-state index in [2.05, 4.69) is 0 Å². The standard InChI is InChI=1S/C5H6O2.Na.H/c6-3-5(7)4-1-2-4;;/h3-4H,1-2H2;;. The molecule has 0 heterocycles. The van der Waals surface area contributed by atoms with Gasteiger partial charge in [-0.1, -0.05) is 0 Å². The molecule has 0 spiro atoms. The Balaban J connectivity index is 0.000000490. The molecule has 1 fully saturated rings. The molecule has 0 N–H and O–H groups in total. The fourth-order valence-electron chi connectivity index (χ4n) is 0.464. The third-order valence-corrected chi connectivity index (χ3v) is 1.10. The molecule has 40 valence electrons. The van der Waals surface area contributed by atoms with Crippen LogP contribution in [-0.2, 0) is 9.59 Å². The molecule has 0 unspecified atom stereocenters. The van der Waals surface area contributed by atoms with E-state index >= 15 is 0 Å². The van der Waals surface area contributed by atoms with Crippen LogP contribution >= 0.6 is 0 Å². The Kier molecular flexibility index (Phi) is 3.53. The molecule has 1 aliphatic carbocycles. The molecule has 0 saturated heterocycles. The van der Waals surface area contributed by atoms with E-state index in [1.54, 1.807) is 0 Å². The van der Waals surface area contributed by atoms with Gasteiger partial charge in [-0.3, -0.25) is 9.59 Å². The Morgan fingerprint density at radius 3 is 2.12 bits per heavy atom. The van der Waals surface area contributed by atoms with E-state index in [-0.39, 0.29) is 41.3 Å². The third-order valence-electron chi connectivity index (χ3n) is 1.10. The second-order valence-corrected chi connectivity index (χ2v) is 1.79. The Labute approximate surface area is 69.9 Å². The minimum absolute atomic E-state index is 0. The molecule has 0 bridgehead atoms. The fraction of sp³-hybridized carbons (Fsp3) is 0.600. The topological polar surface area (TPSA) is 34.1 Å². The predicted octanol–water partition coefficient (Wildman–Crippen LogP) is -0.484. The van der Waals surface area contributed by atoms with Crippen molar-refractivity contribution in [2.75, 3.05) is 0 Å². The molecule has 1 aliphatic rings. The first-order chi connectivity index (χ1) is 3.34. The quantitative estimate of drug-likeness (QED) is 0.281. The van der Waals surface area contributed by atoms with Crippen LogP contribution in [0.2, 0.25) is 0 Å². The van der Waals surface area contributed by atoms with Gasteiger partial charge in [0.25, 0.3) is 0 Å². The van der Waals surface area contributed by atoms with Gasteiger partial charge in [0.05, 0.1) is 0 Å². The van der Waals surface area contributed by atoms with Gasteiger partial charge in [0.15, 0.2) is 12.1 Å². The predicted molar refractivity (Wildman–Crippen MR) is 30.9 cm³/mol. The van der Waals surface area contributed by atoms with Crippen molar-refractivity contribution in [1.82, 2.24) is 0 Å². The normalized spacial score (nSPS) is 16.5. The number of aldehydes is 1. The first kappa shape index (κ1) is 8.34. The molecule has 0 radical (unpaired) electrons. The van der Waals surface area contributed by atoms with Gasteiger partial charge in [-0.05, 0) is 12.8 Å². The number of carbonyl (C=O) groups excluding carboxylic acids is 2. The minimum atomic E-state index is -0.222. The number of hydrogen-bond donors (Lipinski definition) is 0. The van der Waals surface area contributed by atoms with E-state index in [1.807, 2.05) is 0 Å². The third kappa shape index (κ3) is 2.07. The summed E-state index contributed by atoms with van der Waals surface area (Å²) in [5, 5.41) is 0. The van der Waals surface area contributed by atoms with E-state index in [9.17, 15) is 9.59 Å². The summed E-state index contributed by atoms with van der Waals surface area (Å²) < 4.78 is 0. The molecule has 0 aromatic rings. The summed E-state index contributed by atoms with van der Waals surface area (Å²) in [6.07, 6.45) is 2.27. The molecule has 1 saturated carbocycles. The van der Waals surface area contributed by atoms with Crippen LogP contribution in [0, 0.1) is 5.92 Å². The summed E-state index contributed by atoms with van der Waals surface area (Å²) in [6, 6.07) is 0. The first-order valence-corrected chi connectivity index (χ1v) is 2.33. The number of rotatable bonds is 2. The molecule has 0 amide bonds. The zero-order chi connectivity index (χ0) is 5.28. The van der Waals surface area contributed by atoms with Crippen LogP contribution in [0.1, 0.15) is 12.8 Å². The number of ketones is 1. The summed E-state index contributed by atoms with van der Waals surface area (Å²) in [4.78, 5) is 19.8. The van der Waals surface area contributed by atoms with Gasteiger partial charge in [-0.2, -0.15) is 0 Å². The van der Waals surface area contributed by atoms with Crippen molar-refractivity contribution < 1.29 is 9.59 Å². The Bertz CT molecular complexity index is 107. The number of hydrogen-bond acceptors (Lipinski definition) is 2. The van der Waals surface area contributed by atoms with Crippen molar-refractivity contribution in [2.45, 2.75) is 12.8 Å².